The molecule has 0 aliphatic carbocycles. The SMILES string of the molecule is C=C(C)C(=O)O.CCCCCCCCCCCCCCCOC(O)COCCOCCOCCOCCOCCOCCOCCOCCOCCOCCOCCOCCOCCOCCO. The molecule has 19 nitrogen and oxygen atoms in total. The number of ether oxygens (including phenoxy) is 15. The number of aliphatic hydroxyl groups is 2. The molecule has 0 aliphatic heterocycles. The van der Waals surface area contributed by atoms with Crippen molar-refractivity contribution in [2.24, 2.45) is 0 Å². The van der Waals surface area contributed by atoms with Crippen LogP contribution in [0.3, 0.4) is 0 Å². The van der Waals surface area contributed by atoms with Crippen LogP contribution in [0, 0.1) is 0 Å². The van der Waals surface area contributed by atoms with E-state index >= 15 is 0 Å². The number of hydrogen-bond donors (Lipinski definition) is 3. The molecule has 408 valence electrons. The van der Waals surface area contributed by atoms with Gasteiger partial charge >= 0.3 is 5.97 Å². The Hall–Kier alpha value is -1.47. The highest BCUT2D eigenvalue weighted by Gasteiger charge is 2.04. The molecule has 0 heterocycles. The molecular weight excluding hydrogens is 893 g/mol. The van der Waals surface area contributed by atoms with Crippen molar-refractivity contribution in [3.8, 4) is 0 Å². The summed E-state index contributed by atoms with van der Waals surface area (Å²) in [5, 5.41) is 26.4. The molecule has 0 amide bonds. The number of carbonyl (C=O) groups is 1. The van der Waals surface area contributed by atoms with E-state index in [0.717, 1.165) is 12.8 Å². The molecule has 0 saturated heterocycles. The number of carboxylic acids is 1. The van der Waals surface area contributed by atoms with Gasteiger partial charge in [-0.05, 0) is 13.3 Å². The number of unbranched alkanes of at least 4 members (excludes halogenated alkanes) is 12. The molecule has 0 fully saturated rings. The molecule has 0 bridgehead atoms. The second-order valence-electron chi connectivity index (χ2n) is 15.4. The highest BCUT2D eigenvalue weighted by atomic mass is 16.6. The first-order valence-corrected chi connectivity index (χ1v) is 25.3. The minimum Gasteiger partial charge on any atom is -0.478 e. The van der Waals surface area contributed by atoms with Crippen LogP contribution in [0.4, 0.5) is 0 Å². The fourth-order valence-electron chi connectivity index (χ4n) is 5.49. The van der Waals surface area contributed by atoms with Crippen molar-refractivity contribution in [3.63, 3.8) is 0 Å². The summed E-state index contributed by atoms with van der Waals surface area (Å²) in [5.74, 6) is -0.935. The molecule has 0 saturated carbocycles. The van der Waals surface area contributed by atoms with Crippen molar-refractivity contribution < 1.29 is 91.2 Å². The standard InChI is InChI=1S/C45H92O17.C4H6O2/c1-2-3-4-5-6-7-8-9-10-11-12-13-14-16-62-45(47)44-61-43-42-60-41-40-59-39-38-58-37-36-57-35-34-56-33-32-55-31-30-54-29-28-53-27-26-52-25-24-51-23-22-50-21-20-49-19-18-48-17-15-46;1-3(2)4(5)6/h45-47H,2-44H2,1H3;1H2,2H3,(H,5,6). The average Bonchev–Trinajstić information content (AvgIpc) is 3.33. The molecule has 1 unspecified atom stereocenters. The average molecular weight is 991 g/mol. The molecular formula is C49H98O19. The van der Waals surface area contributed by atoms with Gasteiger partial charge in [0.15, 0.2) is 6.29 Å². The van der Waals surface area contributed by atoms with Crippen molar-refractivity contribution in [1.82, 2.24) is 0 Å². The Morgan fingerprint density at radius 2 is 0.574 bits per heavy atom. The zero-order valence-corrected chi connectivity index (χ0v) is 42.6. The summed E-state index contributed by atoms with van der Waals surface area (Å²) in [6.07, 6.45) is 16.2. The van der Waals surface area contributed by atoms with Gasteiger partial charge in [-0.25, -0.2) is 4.79 Å². The second-order valence-corrected chi connectivity index (χ2v) is 15.4. The van der Waals surface area contributed by atoms with Gasteiger partial charge in [-0.15, -0.1) is 0 Å². The van der Waals surface area contributed by atoms with Crippen molar-refractivity contribution in [2.75, 3.05) is 198 Å². The Morgan fingerprint density at radius 1 is 0.368 bits per heavy atom. The minimum atomic E-state index is -0.935. The largest absolute Gasteiger partial charge is 0.478 e. The molecule has 0 rings (SSSR count). The quantitative estimate of drug-likeness (QED) is 0.0401. The normalized spacial score (nSPS) is 11.8. The summed E-state index contributed by atoms with van der Waals surface area (Å²) in [7, 11) is 0. The maximum absolute atomic E-state index is 9.93. The predicted molar refractivity (Wildman–Crippen MR) is 259 cm³/mol. The molecule has 3 N–H and O–H groups in total. The summed E-state index contributed by atoms with van der Waals surface area (Å²) in [4.78, 5) is 9.60. The zero-order valence-electron chi connectivity index (χ0n) is 42.6. The fourth-order valence-corrected chi connectivity index (χ4v) is 5.49. The van der Waals surface area contributed by atoms with E-state index in [9.17, 15) is 9.90 Å². The van der Waals surface area contributed by atoms with E-state index in [2.05, 4.69) is 13.5 Å². The summed E-state index contributed by atoms with van der Waals surface area (Å²) in [5.41, 5.74) is 0.176. The maximum Gasteiger partial charge on any atom is 0.330 e. The van der Waals surface area contributed by atoms with Crippen LogP contribution in [0.1, 0.15) is 97.3 Å². The van der Waals surface area contributed by atoms with Gasteiger partial charge in [0.1, 0.15) is 0 Å². The van der Waals surface area contributed by atoms with Crippen molar-refractivity contribution in [1.29, 1.82) is 0 Å². The molecule has 0 aromatic rings. The van der Waals surface area contributed by atoms with Gasteiger partial charge in [0, 0.05) is 12.2 Å². The van der Waals surface area contributed by atoms with Crippen LogP contribution in [0.5, 0.6) is 0 Å². The van der Waals surface area contributed by atoms with Gasteiger partial charge in [-0.3, -0.25) is 0 Å². The van der Waals surface area contributed by atoms with Gasteiger partial charge < -0.3 is 86.4 Å². The van der Waals surface area contributed by atoms with E-state index in [1.165, 1.54) is 77.6 Å². The first kappa shape index (κ1) is 68.6. The Morgan fingerprint density at radius 3 is 0.794 bits per heavy atom. The fraction of sp³-hybridized carbons (Fsp3) is 0.939. The summed E-state index contributed by atoms with van der Waals surface area (Å²) in [6, 6.07) is 0. The van der Waals surface area contributed by atoms with Gasteiger partial charge in [-0.2, -0.15) is 0 Å². The number of carboxylic acid groups (broad SMARTS) is 1. The lowest BCUT2D eigenvalue weighted by Crippen LogP contribution is -2.21. The molecule has 68 heavy (non-hydrogen) atoms. The molecule has 0 spiro atoms. The maximum atomic E-state index is 9.93. The van der Waals surface area contributed by atoms with Gasteiger partial charge in [0.2, 0.25) is 0 Å². The predicted octanol–water partition coefficient (Wildman–Crippen LogP) is 5.28. The van der Waals surface area contributed by atoms with Crippen molar-refractivity contribution in [3.05, 3.63) is 12.2 Å². The monoisotopic (exact) mass is 991 g/mol. The van der Waals surface area contributed by atoms with Crippen LogP contribution in [-0.4, -0.2) is 226 Å². The number of aliphatic carboxylic acids is 1. The van der Waals surface area contributed by atoms with E-state index in [1.807, 2.05) is 0 Å². The van der Waals surface area contributed by atoms with Crippen LogP contribution in [-0.2, 0) is 75.8 Å². The third-order valence-electron chi connectivity index (χ3n) is 9.26. The van der Waals surface area contributed by atoms with E-state index in [0.29, 0.717) is 185 Å². The summed E-state index contributed by atoms with van der Waals surface area (Å²) >= 11 is 0. The number of hydrogen-bond acceptors (Lipinski definition) is 18. The Labute approximate surface area is 410 Å². The smallest absolute Gasteiger partial charge is 0.330 e. The van der Waals surface area contributed by atoms with Crippen LogP contribution in [0.25, 0.3) is 0 Å². The topological polar surface area (TPSA) is 216 Å². The third kappa shape index (κ3) is 66.6. The molecule has 1 atom stereocenters. The van der Waals surface area contributed by atoms with Crippen molar-refractivity contribution >= 4 is 5.97 Å². The van der Waals surface area contributed by atoms with Crippen LogP contribution < -0.4 is 0 Å². The molecule has 19 heteroatoms. The van der Waals surface area contributed by atoms with Crippen LogP contribution in [0.2, 0.25) is 0 Å². The van der Waals surface area contributed by atoms with E-state index < -0.39 is 12.3 Å². The lowest BCUT2D eigenvalue weighted by atomic mass is 10.0. The first-order chi connectivity index (χ1) is 33.5. The third-order valence-corrected chi connectivity index (χ3v) is 9.26. The van der Waals surface area contributed by atoms with Crippen LogP contribution >= 0.6 is 0 Å². The highest BCUT2D eigenvalue weighted by Crippen LogP contribution is 2.12. The second kappa shape index (κ2) is 63.5. The van der Waals surface area contributed by atoms with Crippen molar-refractivity contribution in [2.45, 2.75) is 104 Å². The molecule has 0 aromatic carbocycles. The number of rotatable bonds is 59. The Kier molecular flexibility index (Phi) is 64.1. The van der Waals surface area contributed by atoms with Gasteiger partial charge in [-0.1, -0.05) is 90.6 Å². The van der Waals surface area contributed by atoms with E-state index in [-0.39, 0.29) is 18.8 Å². The lowest BCUT2D eigenvalue weighted by Gasteiger charge is -2.12. The summed E-state index contributed by atoms with van der Waals surface area (Å²) < 4.78 is 81.7. The highest BCUT2D eigenvalue weighted by molar-refractivity contribution is 5.84. The Balaban J connectivity index is 0. The molecule has 0 radical (unpaired) electrons. The number of aliphatic hydroxyl groups excluding tert-OH is 2. The van der Waals surface area contributed by atoms with Crippen LogP contribution in [0.15, 0.2) is 12.2 Å². The Bertz CT molecular complexity index is 942. The minimum absolute atomic E-state index is 0.0215. The first-order valence-electron chi connectivity index (χ1n) is 25.3. The van der Waals surface area contributed by atoms with E-state index in [4.69, 9.17) is 81.3 Å². The van der Waals surface area contributed by atoms with Gasteiger partial charge in [0.25, 0.3) is 0 Å². The summed E-state index contributed by atoms with van der Waals surface area (Å²) in [6.45, 7) is 20.6. The molecule has 0 aliphatic rings. The molecule has 0 aromatic heterocycles. The lowest BCUT2D eigenvalue weighted by molar-refractivity contribution is -0.141. The van der Waals surface area contributed by atoms with E-state index in [1.54, 1.807) is 0 Å². The zero-order chi connectivity index (χ0) is 49.7. The van der Waals surface area contributed by atoms with Gasteiger partial charge in [0.05, 0.1) is 192 Å².